The molecule has 1 unspecified atom stereocenters. The molecule has 1 heterocycles. The summed E-state index contributed by atoms with van der Waals surface area (Å²) < 4.78 is 0. The minimum absolute atomic E-state index is 0.0334. The number of benzene rings is 1. The van der Waals surface area contributed by atoms with Crippen LogP contribution in [0.1, 0.15) is 25.8 Å². The second kappa shape index (κ2) is 8.19. The van der Waals surface area contributed by atoms with Gasteiger partial charge in [0.1, 0.15) is 6.04 Å². The first-order valence-corrected chi connectivity index (χ1v) is 8.79. The van der Waals surface area contributed by atoms with Gasteiger partial charge in [0.05, 0.1) is 5.88 Å². The molecule has 6 heteroatoms. The van der Waals surface area contributed by atoms with Crippen molar-refractivity contribution in [2.75, 3.05) is 23.5 Å². The largest absolute Gasteiger partial charge is 0.324 e. The summed E-state index contributed by atoms with van der Waals surface area (Å²) in [6.45, 7) is 5.57. The van der Waals surface area contributed by atoms with E-state index >= 15 is 0 Å². The molecule has 2 amide bonds. The predicted molar refractivity (Wildman–Crippen MR) is 90.7 cm³/mol. The van der Waals surface area contributed by atoms with Crippen LogP contribution in [0.25, 0.3) is 0 Å². The fraction of sp³-hybridized carbons (Fsp3) is 0.500. The monoisotopic (exact) mass is 321 g/mol. The van der Waals surface area contributed by atoms with E-state index in [0.717, 1.165) is 24.3 Å². The number of thioether (sulfide) groups is 1. The first-order valence-electron chi connectivity index (χ1n) is 7.63. The highest BCUT2D eigenvalue weighted by atomic mass is 32.2. The van der Waals surface area contributed by atoms with Crippen LogP contribution in [0, 0.1) is 0 Å². The second-order valence-corrected chi connectivity index (χ2v) is 6.20. The molecule has 1 aliphatic heterocycles. The van der Waals surface area contributed by atoms with Crippen LogP contribution in [0.3, 0.4) is 0 Å². The van der Waals surface area contributed by atoms with Gasteiger partial charge in [0.2, 0.25) is 11.8 Å². The first kappa shape index (κ1) is 16.8. The second-order valence-electron chi connectivity index (χ2n) is 5.20. The smallest absolute Gasteiger partial charge is 0.248 e. The molecule has 120 valence electrons. The van der Waals surface area contributed by atoms with Crippen LogP contribution in [-0.2, 0) is 16.1 Å². The molecule has 0 aromatic heterocycles. The Hall–Kier alpha value is -1.53. The molecule has 1 aliphatic rings. The first-order chi connectivity index (χ1) is 10.7. The quantitative estimate of drug-likeness (QED) is 0.842. The number of rotatable bonds is 6. The molecule has 0 radical (unpaired) electrons. The van der Waals surface area contributed by atoms with E-state index in [1.807, 2.05) is 31.2 Å². The maximum absolute atomic E-state index is 12.4. The number of nitrogens with zero attached hydrogens (tertiary/aromatic N) is 1. The third-order valence-electron chi connectivity index (χ3n) is 3.58. The summed E-state index contributed by atoms with van der Waals surface area (Å²) in [6.07, 6.45) is 0.433. The van der Waals surface area contributed by atoms with Crippen molar-refractivity contribution >= 4 is 29.3 Å². The van der Waals surface area contributed by atoms with Crippen LogP contribution in [0.4, 0.5) is 5.69 Å². The fourth-order valence-electron chi connectivity index (χ4n) is 2.36. The summed E-state index contributed by atoms with van der Waals surface area (Å²) >= 11 is 1.62. The molecule has 0 aliphatic carbocycles. The van der Waals surface area contributed by atoms with Gasteiger partial charge >= 0.3 is 0 Å². The molecule has 1 saturated heterocycles. The number of hydrogen-bond donors (Lipinski definition) is 2. The highest BCUT2D eigenvalue weighted by molar-refractivity contribution is 7.99. The van der Waals surface area contributed by atoms with E-state index in [-0.39, 0.29) is 17.9 Å². The lowest BCUT2D eigenvalue weighted by Crippen LogP contribution is -2.44. The van der Waals surface area contributed by atoms with Gasteiger partial charge in [-0.15, -0.1) is 11.8 Å². The topological polar surface area (TPSA) is 61.4 Å². The van der Waals surface area contributed by atoms with Crippen LogP contribution >= 0.6 is 11.8 Å². The third kappa shape index (κ3) is 4.24. The lowest BCUT2D eigenvalue weighted by Gasteiger charge is -2.22. The number of nitrogens with one attached hydrogen (secondary N) is 2. The van der Waals surface area contributed by atoms with E-state index in [4.69, 9.17) is 0 Å². The third-order valence-corrected chi connectivity index (χ3v) is 4.59. The van der Waals surface area contributed by atoms with Gasteiger partial charge in [0, 0.05) is 24.4 Å². The maximum Gasteiger partial charge on any atom is 0.248 e. The van der Waals surface area contributed by atoms with Crippen molar-refractivity contribution in [3.63, 3.8) is 0 Å². The molecular formula is C16H23N3O2S. The number of carbonyl (C=O) groups is 2. The zero-order chi connectivity index (χ0) is 15.9. The molecule has 0 bridgehead atoms. The number of hydrogen-bond acceptors (Lipinski definition) is 4. The van der Waals surface area contributed by atoms with Crippen molar-refractivity contribution in [1.29, 1.82) is 0 Å². The lowest BCUT2D eigenvalue weighted by molar-refractivity contribution is -0.135. The lowest BCUT2D eigenvalue weighted by atomic mass is 10.2. The standard InChI is InChI=1S/C16H23N3O2S/c1-3-15(20)19-11-22-10-14(19)16(21)18-13-7-5-6-12(8-13)9-17-4-2/h5-8,14,17H,3-4,9-11H2,1-2H3,(H,18,21). The minimum atomic E-state index is -0.366. The van der Waals surface area contributed by atoms with Crippen molar-refractivity contribution < 1.29 is 9.59 Å². The summed E-state index contributed by atoms with van der Waals surface area (Å²) in [5, 5.41) is 6.20. The Kier molecular flexibility index (Phi) is 6.27. The average Bonchev–Trinajstić information content (AvgIpc) is 3.02. The van der Waals surface area contributed by atoms with Gasteiger partial charge in [0.15, 0.2) is 0 Å². The molecule has 1 atom stereocenters. The van der Waals surface area contributed by atoms with E-state index in [1.54, 1.807) is 16.7 Å². The molecule has 2 N–H and O–H groups in total. The Labute approximate surface area is 135 Å². The molecule has 0 saturated carbocycles. The van der Waals surface area contributed by atoms with Crippen molar-refractivity contribution in [3.8, 4) is 0 Å². The Bertz CT molecular complexity index is 536. The minimum Gasteiger partial charge on any atom is -0.324 e. The van der Waals surface area contributed by atoms with Crippen LogP contribution in [0.2, 0.25) is 0 Å². The fourth-order valence-corrected chi connectivity index (χ4v) is 3.54. The van der Waals surface area contributed by atoms with Crippen molar-refractivity contribution in [2.24, 2.45) is 0 Å². The van der Waals surface area contributed by atoms with E-state index in [9.17, 15) is 9.59 Å². The van der Waals surface area contributed by atoms with Gasteiger partial charge in [-0.1, -0.05) is 26.0 Å². The van der Waals surface area contributed by atoms with Crippen molar-refractivity contribution in [1.82, 2.24) is 10.2 Å². The van der Waals surface area contributed by atoms with E-state index in [2.05, 4.69) is 17.6 Å². The summed E-state index contributed by atoms with van der Waals surface area (Å²) in [5.41, 5.74) is 1.91. The number of carbonyl (C=O) groups excluding carboxylic acids is 2. The number of amides is 2. The van der Waals surface area contributed by atoms with E-state index < -0.39 is 0 Å². The van der Waals surface area contributed by atoms with E-state index in [1.165, 1.54) is 0 Å². The highest BCUT2D eigenvalue weighted by Crippen LogP contribution is 2.23. The summed E-state index contributed by atoms with van der Waals surface area (Å²) in [4.78, 5) is 26.0. The van der Waals surface area contributed by atoms with Crippen LogP contribution in [0.5, 0.6) is 0 Å². The van der Waals surface area contributed by atoms with E-state index in [0.29, 0.717) is 18.1 Å². The average molecular weight is 321 g/mol. The highest BCUT2D eigenvalue weighted by Gasteiger charge is 2.33. The number of anilines is 1. The Morgan fingerprint density at radius 2 is 2.18 bits per heavy atom. The zero-order valence-corrected chi connectivity index (χ0v) is 13.9. The molecule has 22 heavy (non-hydrogen) atoms. The molecule has 1 fully saturated rings. The Morgan fingerprint density at radius 3 is 2.91 bits per heavy atom. The summed E-state index contributed by atoms with van der Waals surface area (Å²) in [6, 6.07) is 7.43. The summed E-state index contributed by atoms with van der Waals surface area (Å²) in [5.74, 6) is 1.19. The Morgan fingerprint density at radius 1 is 1.36 bits per heavy atom. The molecule has 1 aromatic carbocycles. The van der Waals surface area contributed by atoms with Crippen molar-refractivity contribution in [2.45, 2.75) is 32.9 Å². The molecule has 0 spiro atoms. The van der Waals surface area contributed by atoms with Gasteiger partial charge in [0.25, 0.3) is 0 Å². The zero-order valence-electron chi connectivity index (χ0n) is 13.1. The van der Waals surface area contributed by atoms with Gasteiger partial charge in [-0.25, -0.2) is 0 Å². The van der Waals surface area contributed by atoms with Gasteiger partial charge < -0.3 is 15.5 Å². The summed E-state index contributed by atoms with van der Waals surface area (Å²) in [7, 11) is 0. The molecule has 1 aromatic rings. The van der Waals surface area contributed by atoms with Gasteiger partial charge in [-0.3, -0.25) is 9.59 Å². The predicted octanol–water partition coefficient (Wildman–Crippen LogP) is 2.05. The Balaban J connectivity index is 2.00. The van der Waals surface area contributed by atoms with Crippen LogP contribution in [0.15, 0.2) is 24.3 Å². The molecular weight excluding hydrogens is 298 g/mol. The van der Waals surface area contributed by atoms with Crippen molar-refractivity contribution in [3.05, 3.63) is 29.8 Å². The van der Waals surface area contributed by atoms with Gasteiger partial charge in [-0.2, -0.15) is 0 Å². The molecule has 2 rings (SSSR count). The SMILES string of the molecule is CCNCc1cccc(NC(=O)C2CSCN2C(=O)CC)c1. The maximum atomic E-state index is 12.4. The van der Waals surface area contributed by atoms with Crippen LogP contribution in [-0.4, -0.2) is 40.9 Å². The normalized spacial score (nSPS) is 17.5. The van der Waals surface area contributed by atoms with Crippen LogP contribution < -0.4 is 10.6 Å². The van der Waals surface area contributed by atoms with Gasteiger partial charge in [-0.05, 0) is 24.2 Å². The molecule has 5 nitrogen and oxygen atoms in total.